The fraction of sp³-hybridized carbons (Fsp3) is 0.692. The summed E-state index contributed by atoms with van der Waals surface area (Å²) in [6, 6.07) is 0.239. The lowest BCUT2D eigenvalue weighted by Crippen LogP contribution is -2.39. The molecule has 5 nitrogen and oxygen atoms in total. The fourth-order valence-corrected chi connectivity index (χ4v) is 2.64. The fourth-order valence-electron chi connectivity index (χ4n) is 2.64. The molecule has 1 aliphatic rings. The van der Waals surface area contributed by atoms with E-state index in [1.165, 1.54) is 0 Å². The van der Waals surface area contributed by atoms with Crippen LogP contribution < -0.4 is 0 Å². The highest BCUT2D eigenvalue weighted by Gasteiger charge is 2.43. The topological polar surface area (TPSA) is 47.4 Å². The first kappa shape index (κ1) is 12.9. The molecule has 3 atom stereocenters. The van der Waals surface area contributed by atoms with Gasteiger partial charge in [0.1, 0.15) is 0 Å². The third-order valence-corrected chi connectivity index (χ3v) is 3.61. The summed E-state index contributed by atoms with van der Waals surface area (Å²) in [5.41, 5.74) is 0. The molecule has 1 aromatic heterocycles. The van der Waals surface area contributed by atoms with Crippen LogP contribution in [0, 0.1) is 0 Å². The molecule has 1 fully saturated rings. The third-order valence-electron chi connectivity index (χ3n) is 3.61. The number of amides is 1. The number of carbonyl (C=O) groups excluding carboxylic acids is 1. The van der Waals surface area contributed by atoms with Gasteiger partial charge in [-0.25, -0.2) is 9.78 Å². The van der Waals surface area contributed by atoms with Gasteiger partial charge in [-0.2, -0.15) is 0 Å². The average Bonchev–Trinajstić information content (AvgIpc) is 2.83. The van der Waals surface area contributed by atoms with Crippen LogP contribution in [0.2, 0.25) is 0 Å². The van der Waals surface area contributed by atoms with E-state index in [1.54, 1.807) is 6.20 Å². The van der Waals surface area contributed by atoms with Crippen LogP contribution in [0.1, 0.15) is 45.5 Å². The second-order valence-corrected chi connectivity index (χ2v) is 4.99. The standard InChI is InChI=1S/C13H21N3O2/c1-5-6-9(2)16-10(3)11(18-13(16)17)12-14-7-8-15(12)4/h7-11H,5-6H2,1-4H3/t9?,10-,11-/m0/s1. The van der Waals surface area contributed by atoms with Crippen LogP contribution in [0.3, 0.4) is 0 Å². The molecule has 18 heavy (non-hydrogen) atoms. The van der Waals surface area contributed by atoms with Gasteiger partial charge in [-0.1, -0.05) is 13.3 Å². The maximum Gasteiger partial charge on any atom is 0.411 e. The summed E-state index contributed by atoms with van der Waals surface area (Å²) >= 11 is 0. The van der Waals surface area contributed by atoms with E-state index in [1.807, 2.05) is 29.6 Å². The lowest BCUT2D eigenvalue weighted by molar-refractivity contribution is 0.123. The first-order chi connectivity index (χ1) is 8.56. The Labute approximate surface area is 108 Å². The monoisotopic (exact) mass is 251 g/mol. The van der Waals surface area contributed by atoms with Crippen LogP contribution in [0.15, 0.2) is 12.4 Å². The number of ether oxygens (including phenoxy) is 1. The Morgan fingerprint density at radius 1 is 1.56 bits per heavy atom. The van der Waals surface area contributed by atoms with Crippen molar-refractivity contribution in [2.24, 2.45) is 7.05 Å². The Hall–Kier alpha value is -1.52. The van der Waals surface area contributed by atoms with E-state index in [0.29, 0.717) is 0 Å². The van der Waals surface area contributed by atoms with Crippen molar-refractivity contribution in [1.29, 1.82) is 0 Å². The Bertz CT molecular complexity index is 430. The van der Waals surface area contributed by atoms with Gasteiger partial charge in [0.25, 0.3) is 0 Å². The molecule has 1 aromatic rings. The molecule has 1 saturated heterocycles. The predicted molar refractivity (Wildman–Crippen MR) is 68.1 cm³/mol. The van der Waals surface area contributed by atoms with Gasteiger partial charge in [-0.15, -0.1) is 0 Å². The van der Waals surface area contributed by atoms with Crippen LogP contribution in [-0.2, 0) is 11.8 Å². The normalized spacial score (nSPS) is 25.3. The summed E-state index contributed by atoms with van der Waals surface area (Å²) in [7, 11) is 1.92. The summed E-state index contributed by atoms with van der Waals surface area (Å²) < 4.78 is 7.39. The van der Waals surface area contributed by atoms with Crippen molar-refractivity contribution < 1.29 is 9.53 Å². The predicted octanol–water partition coefficient (Wildman–Crippen LogP) is 2.49. The molecular weight excluding hydrogens is 230 g/mol. The number of nitrogens with zero attached hydrogens (tertiary/aromatic N) is 3. The van der Waals surface area contributed by atoms with Crippen molar-refractivity contribution in [3.05, 3.63) is 18.2 Å². The smallest absolute Gasteiger partial charge is 0.411 e. The molecular formula is C13H21N3O2. The average molecular weight is 251 g/mol. The molecule has 0 aliphatic carbocycles. The molecule has 0 spiro atoms. The summed E-state index contributed by atoms with van der Waals surface area (Å²) in [6.07, 6.45) is 5.16. The van der Waals surface area contributed by atoms with Crippen LogP contribution in [0.25, 0.3) is 0 Å². The number of imidazole rings is 1. The minimum atomic E-state index is -0.267. The second-order valence-electron chi connectivity index (χ2n) is 4.99. The van der Waals surface area contributed by atoms with E-state index in [9.17, 15) is 4.79 Å². The maximum atomic E-state index is 12.0. The molecule has 1 aliphatic heterocycles. The number of aryl methyl sites for hydroxylation is 1. The van der Waals surface area contributed by atoms with Crippen LogP contribution >= 0.6 is 0 Å². The molecule has 2 rings (SSSR count). The molecule has 1 unspecified atom stereocenters. The van der Waals surface area contributed by atoms with E-state index in [-0.39, 0.29) is 24.3 Å². The molecule has 0 aromatic carbocycles. The van der Waals surface area contributed by atoms with Crippen molar-refractivity contribution in [2.45, 2.75) is 51.8 Å². The van der Waals surface area contributed by atoms with Crippen molar-refractivity contribution in [1.82, 2.24) is 14.5 Å². The highest BCUT2D eigenvalue weighted by atomic mass is 16.6. The number of hydrogen-bond donors (Lipinski definition) is 0. The Morgan fingerprint density at radius 3 is 2.83 bits per heavy atom. The number of carbonyl (C=O) groups is 1. The van der Waals surface area contributed by atoms with Gasteiger partial charge in [0.2, 0.25) is 0 Å². The van der Waals surface area contributed by atoms with E-state index < -0.39 is 0 Å². The number of cyclic esters (lactones) is 1. The van der Waals surface area contributed by atoms with Gasteiger partial charge in [0.05, 0.1) is 6.04 Å². The Kier molecular flexibility index (Phi) is 3.59. The molecule has 1 amide bonds. The van der Waals surface area contributed by atoms with Crippen molar-refractivity contribution >= 4 is 6.09 Å². The molecule has 5 heteroatoms. The SMILES string of the molecule is CCCC(C)N1C(=O)O[C@H](c2nccn2C)[C@@H]1C. The third kappa shape index (κ3) is 2.09. The highest BCUT2D eigenvalue weighted by Crippen LogP contribution is 2.33. The molecule has 0 radical (unpaired) electrons. The zero-order valence-corrected chi connectivity index (χ0v) is 11.5. The van der Waals surface area contributed by atoms with Gasteiger partial charge in [0.15, 0.2) is 11.9 Å². The molecule has 100 valence electrons. The zero-order valence-electron chi connectivity index (χ0n) is 11.5. The molecule has 0 N–H and O–H groups in total. The first-order valence-electron chi connectivity index (χ1n) is 6.52. The second kappa shape index (κ2) is 5.00. The van der Waals surface area contributed by atoms with Gasteiger partial charge in [-0.05, 0) is 20.3 Å². The summed E-state index contributed by atoms with van der Waals surface area (Å²) in [5, 5.41) is 0. The maximum absolute atomic E-state index is 12.0. The van der Waals surface area contributed by atoms with Crippen molar-refractivity contribution in [2.75, 3.05) is 0 Å². The van der Waals surface area contributed by atoms with E-state index >= 15 is 0 Å². The number of aromatic nitrogens is 2. The van der Waals surface area contributed by atoms with Gasteiger partial charge >= 0.3 is 6.09 Å². The van der Waals surface area contributed by atoms with Gasteiger partial charge in [-0.3, -0.25) is 4.90 Å². The molecule has 0 bridgehead atoms. The summed E-state index contributed by atoms with van der Waals surface area (Å²) in [5.74, 6) is 0.807. The molecule has 2 heterocycles. The van der Waals surface area contributed by atoms with Crippen LogP contribution in [-0.4, -0.2) is 32.6 Å². The van der Waals surface area contributed by atoms with Crippen LogP contribution in [0.4, 0.5) is 4.79 Å². The Morgan fingerprint density at radius 2 is 2.28 bits per heavy atom. The number of hydrogen-bond acceptors (Lipinski definition) is 3. The summed E-state index contributed by atoms with van der Waals surface area (Å²) in [4.78, 5) is 18.1. The first-order valence-corrected chi connectivity index (χ1v) is 6.52. The Balaban J connectivity index is 2.19. The minimum absolute atomic E-state index is 0.0279. The minimum Gasteiger partial charge on any atom is -0.436 e. The van der Waals surface area contributed by atoms with Crippen molar-refractivity contribution in [3.63, 3.8) is 0 Å². The largest absolute Gasteiger partial charge is 0.436 e. The highest BCUT2D eigenvalue weighted by molar-refractivity contribution is 5.71. The van der Waals surface area contributed by atoms with Crippen LogP contribution in [0.5, 0.6) is 0 Å². The summed E-state index contributed by atoms with van der Waals surface area (Å²) in [6.45, 7) is 6.22. The van der Waals surface area contributed by atoms with E-state index in [0.717, 1.165) is 18.7 Å². The van der Waals surface area contributed by atoms with E-state index in [4.69, 9.17) is 4.74 Å². The lowest BCUT2D eigenvalue weighted by atomic mass is 10.1. The quantitative estimate of drug-likeness (QED) is 0.826. The molecule has 0 saturated carbocycles. The zero-order chi connectivity index (χ0) is 13.3. The van der Waals surface area contributed by atoms with Crippen molar-refractivity contribution in [3.8, 4) is 0 Å². The lowest BCUT2D eigenvalue weighted by Gasteiger charge is -2.26. The van der Waals surface area contributed by atoms with Gasteiger partial charge < -0.3 is 9.30 Å². The van der Waals surface area contributed by atoms with Gasteiger partial charge in [0, 0.05) is 25.5 Å². The number of rotatable bonds is 4. The van der Waals surface area contributed by atoms with E-state index in [2.05, 4.69) is 18.8 Å².